The molecule has 0 bridgehead atoms. The van der Waals surface area contributed by atoms with Crippen molar-refractivity contribution >= 4 is 45.5 Å². The summed E-state index contributed by atoms with van der Waals surface area (Å²) in [6, 6.07) is 4.41. The van der Waals surface area contributed by atoms with E-state index in [-0.39, 0.29) is 37.7 Å². The Labute approximate surface area is 190 Å². The number of rotatable bonds is 10. The van der Waals surface area contributed by atoms with Crippen molar-refractivity contribution in [1.82, 2.24) is 21.3 Å². The first-order valence-corrected chi connectivity index (χ1v) is 11.1. The lowest BCUT2D eigenvalue weighted by molar-refractivity contribution is -0.119. The van der Waals surface area contributed by atoms with E-state index in [4.69, 9.17) is 9.47 Å². The Bertz CT molecular complexity index is 915. The van der Waals surface area contributed by atoms with Crippen LogP contribution < -0.4 is 29.9 Å². The van der Waals surface area contributed by atoms with E-state index in [9.17, 15) is 27.6 Å². The van der Waals surface area contributed by atoms with E-state index in [1.165, 1.54) is 26.4 Å². The fourth-order valence-electron chi connectivity index (χ4n) is 2.80. The molecule has 0 aliphatic carbocycles. The standard InChI is InChI=1S/C18H26N6O8S/c1-31-9-7-19-17(27)21-15(25)11-23-13-5-3-4-6-14(13)24(33(23,29)30)12-16(26)22-18(28)20-8-10-32-2/h3-6H,7-12H2,1-2H3,(H2,19,21,25,27)(H2,20,22,26,28). The Kier molecular flexibility index (Phi) is 9.38. The number of amides is 6. The summed E-state index contributed by atoms with van der Waals surface area (Å²) in [5.41, 5.74) is 0.287. The van der Waals surface area contributed by atoms with Crippen LogP contribution in [-0.2, 0) is 29.3 Å². The van der Waals surface area contributed by atoms with Crippen molar-refractivity contribution in [1.29, 1.82) is 0 Å². The van der Waals surface area contributed by atoms with Crippen LogP contribution in [0.4, 0.5) is 21.0 Å². The number of hydrogen-bond acceptors (Lipinski definition) is 8. The van der Waals surface area contributed by atoms with Gasteiger partial charge in [-0.05, 0) is 12.1 Å². The normalized spacial score (nSPS) is 13.8. The first-order valence-electron chi connectivity index (χ1n) is 9.73. The lowest BCUT2D eigenvalue weighted by Gasteiger charge is -2.21. The van der Waals surface area contributed by atoms with Crippen LogP contribution in [0.2, 0.25) is 0 Å². The van der Waals surface area contributed by atoms with Crippen LogP contribution in [0.1, 0.15) is 0 Å². The van der Waals surface area contributed by atoms with Gasteiger partial charge in [-0.25, -0.2) is 18.2 Å². The van der Waals surface area contributed by atoms with E-state index < -0.39 is 47.2 Å². The summed E-state index contributed by atoms with van der Waals surface area (Å²) in [4.78, 5) is 48.0. The first kappa shape index (κ1) is 25.8. The lowest BCUT2D eigenvalue weighted by Crippen LogP contribution is -2.50. The third-order valence-corrected chi connectivity index (χ3v) is 6.01. The smallest absolute Gasteiger partial charge is 0.327 e. The number of carbonyl (C=O) groups excluding carboxylic acids is 4. The molecule has 1 aliphatic heterocycles. The van der Waals surface area contributed by atoms with Gasteiger partial charge >= 0.3 is 22.3 Å². The second-order valence-electron chi connectivity index (χ2n) is 6.60. The Morgan fingerprint density at radius 2 is 1.18 bits per heavy atom. The predicted molar refractivity (Wildman–Crippen MR) is 117 cm³/mol. The van der Waals surface area contributed by atoms with Crippen molar-refractivity contribution in [2.45, 2.75) is 0 Å². The SMILES string of the molecule is COCCNC(=O)NC(=O)CN1c2ccccc2N(CC(=O)NC(=O)NCCOC)S1(=O)=O. The monoisotopic (exact) mass is 486 g/mol. The van der Waals surface area contributed by atoms with E-state index in [2.05, 4.69) is 10.6 Å². The highest BCUT2D eigenvalue weighted by Crippen LogP contribution is 2.40. The number of hydrogen-bond donors (Lipinski definition) is 4. The number of imide groups is 2. The van der Waals surface area contributed by atoms with Gasteiger partial charge in [-0.2, -0.15) is 8.42 Å². The first-order chi connectivity index (χ1) is 15.7. The molecular formula is C18H26N6O8S. The molecule has 0 unspecified atom stereocenters. The molecule has 0 aromatic heterocycles. The maximum Gasteiger partial charge on any atom is 0.327 e. The fourth-order valence-corrected chi connectivity index (χ4v) is 4.41. The Hall–Kier alpha value is -3.43. The van der Waals surface area contributed by atoms with Crippen LogP contribution in [0.3, 0.4) is 0 Å². The van der Waals surface area contributed by atoms with Crippen molar-refractivity contribution in [3.05, 3.63) is 24.3 Å². The molecule has 0 saturated heterocycles. The quantitative estimate of drug-likeness (QED) is 0.289. The zero-order chi connectivity index (χ0) is 24.4. The summed E-state index contributed by atoms with van der Waals surface area (Å²) in [5, 5.41) is 8.81. The van der Waals surface area contributed by atoms with Crippen LogP contribution in [-0.4, -0.2) is 85.9 Å². The maximum atomic E-state index is 13.1. The number of nitrogens with one attached hydrogen (secondary N) is 4. The third-order valence-electron chi connectivity index (χ3n) is 4.24. The highest BCUT2D eigenvalue weighted by molar-refractivity contribution is 7.94. The molecule has 0 saturated carbocycles. The number of urea groups is 2. The minimum Gasteiger partial charge on any atom is -0.383 e. The fraction of sp³-hybridized carbons (Fsp3) is 0.444. The molecule has 1 aromatic carbocycles. The van der Waals surface area contributed by atoms with Crippen LogP contribution in [0.25, 0.3) is 0 Å². The molecule has 2 rings (SSSR count). The van der Waals surface area contributed by atoms with Crippen molar-refractivity contribution in [3.63, 3.8) is 0 Å². The topological polar surface area (TPSA) is 175 Å². The van der Waals surface area contributed by atoms with Crippen molar-refractivity contribution in [2.75, 3.05) is 62.2 Å². The molecule has 4 N–H and O–H groups in total. The lowest BCUT2D eigenvalue weighted by atomic mass is 10.2. The Morgan fingerprint density at radius 1 is 0.788 bits per heavy atom. The minimum absolute atomic E-state index is 0.143. The van der Waals surface area contributed by atoms with Gasteiger partial charge in [-0.15, -0.1) is 0 Å². The van der Waals surface area contributed by atoms with Crippen LogP contribution in [0.15, 0.2) is 24.3 Å². The molecule has 14 nitrogen and oxygen atoms in total. The molecule has 1 heterocycles. The van der Waals surface area contributed by atoms with Gasteiger partial charge in [-0.1, -0.05) is 12.1 Å². The van der Waals surface area contributed by atoms with Gasteiger partial charge in [0, 0.05) is 27.3 Å². The van der Waals surface area contributed by atoms with E-state index in [0.717, 1.165) is 8.61 Å². The summed E-state index contributed by atoms with van der Waals surface area (Å²) in [7, 11) is -1.46. The molecular weight excluding hydrogens is 460 g/mol. The van der Waals surface area contributed by atoms with Crippen molar-refractivity contribution in [3.8, 4) is 0 Å². The molecule has 1 aromatic rings. The number of nitrogens with zero attached hydrogens (tertiary/aromatic N) is 2. The largest absolute Gasteiger partial charge is 0.383 e. The zero-order valence-corrected chi connectivity index (χ0v) is 18.9. The second kappa shape index (κ2) is 12.0. The van der Waals surface area contributed by atoms with Crippen LogP contribution in [0, 0.1) is 0 Å². The molecule has 15 heteroatoms. The number of fused-ring (bicyclic) bond motifs is 1. The molecule has 0 spiro atoms. The third kappa shape index (κ3) is 7.03. The summed E-state index contributed by atoms with van der Waals surface area (Å²) >= 11 is 0. The van der Waals surface area contributed by atoms with Gasteiger partial charge in [-0.3, -0.25) is 20.2 Å². The number of carbonyl (C=O) groups is 4. The summed E-state index contributed by atoms with van der Waals surface area (Å²) in [5.74, 6) is -1.76. The molecule has 0 radical (unpaired) electrons. The van der Waals surface area contributed by atoms with Gasteiger partial charge in [0.05, 0.1) is 24.6 Å². The number of para-hydroxylation sites is 2. The molecule has 0 fully saturated rings. The van der Waals surface area contributed by atoms with Crippen LogP contribution in [0.5, 0.6) is 0 Å². The van der Waals surface area contributed by atoms with Gasteiger partial charge in [0.15, 0.2) is 0 Å². The number of benzene rings is 1. The van der Waals surface area contributed by atoms with Crippen molar-refractivity contribution < 1.29 is 37.1 Å². The average molecular weight is 487 g/mol. The van der Waals surface area contributed by atoms with Gasteiger partial charge in [0.25, 0.3) is 0 Å². The molecule has 6 amide bonds. The predicted octanol–water partition coefficient (Wildman–Crippen LogP) is -1.50. The molecule has 1 aliphatic rings. The van der Waals surface area contributed by atoms with E-state index in [1.807, 2.05) is 10.6 Å². The molecule has 0 atom stereocenters. The van der Waals surface area contributed by atoms with Crippen LogP contribution >= 0.6 is 0 Å². The van der Waals surface area contributed by atoms with E-state index in [1.54, 1.807) is 12.1 Å². The summed E-state index contributed by atoms with van der Waals surface area (Å²) in [6.45, 7) is -0.627. The van der Waals surface area contributed by atoms with E-state index in [0.29, 0.717) is 0 Å². The highest BCUT2D eigenvalue weighted by atomic mass is 32.2. The summed E-state index contributed by atoms with van der Waals surface area (Å²) in [6.07, 6.45) is 0. The second-order valence-corrected chi connectivity index (χ2v) is 8.38. The maximum absolute atomic E-state index is 13.1. The van der Waals surface area contributed by atoms with E-state index >= 15 is 0 Å². The molecule has 33 heavy (non-hydrogen) atoms. The number of anilines is 2. The number of methoxy groups -OCH3 is 2. The Balaban J connectivity index is 2.08. The van der Waals surface area contributed by atoms with Gasteiger partial charge in [0.1, 0.15) is 13.1 Å². The molecule has 182 valence electrons. The van der Waals surface area contributed by atoms with Crippen molar-refractivity contribution in [2.24, 2.45) is 0 Å². The number of ether oxygens (including phenoxy) is 2. The highest BCUT2D eigenvalue weighted by Gasteiger charge is 2.42. The minimum atomic E-state index is -4.35. The average Bonchev–Trinajstić information content (AvgIpc) is 2.95. The van der Waals surface area contributed by atoms with Gasteiger partial charge in [0.2, 0.25) is 11.8 Å². The Morgan fingerprint density at radius 3 is 1.55 bits per heavy atom. The summed E-state index contributed by atoms with van der Waals surface area (Å²) < 4.78 is 37.2. The zero-order valence-electron chi connectivity index (χ0n) is 18.1. The van der Waals surface area contributed by atoms with Gasteiger partial charge < -0.3 is 20.1 Å².